The molecule has 31 heavy (non-hydrogen) atoms. The van der Waals surface area contributed by atoms with Crippen LogP contribution in [0.4, 0.5) is 8.78 Å². The van der Waals surface area contributed by atoms with Crippen molar-refractivity contribution in [2.45, 2.75) is 0 Å². The summed E-state index contributed by atoms with van der Waals surface area (Å²) >= 11 is 3.36. The van der Waals surface area contributed by atoms with Gasteiger partial charge in [0, 0.05) is 4.47 Å². The van der Waals surface area contributed by atoms with Crippen LogP contribution in [-0.4, -0.2) is 19.3 Å². The predicted molar refractivity (Wildman–Crippen MR) is 118 cm³/mol. The van der Waals surface area contributed by atoms with E-state index in [1.54, 1.807) is 36.4 Å². The van der Waals surface area contributed by atoms with Crippen LogP contribution in [-0.2, 0) is 0 Å². The lowest BCUT2D eigenvalue weighted by atomic mass is 10.1. The van der Waals surface area contributed by atoms with Crippen molar-refractivity contribution in [1.82, 2.24) is 19.3 Å². The maximum atomic E-state index is 14.8. The van der Waals surface area contributed by atoms with Crippen molar-refractivity contribution in [2.75, 3.05) is 0 Å². The smallest absolute Gasteiger partial charge is 0.268 e. The topological polar surface area (TPSA) is 52.7 Å². The van der Waals surface area contributed by atoms with Crippen LogP contribution >= 0.6 is 15.9 Å². The third-order valence-electron chi connectivity index (χ3n) is 4.87. The fourth-order valence-corrected chi connectivity index (χ4v) is 3.70. The number of aromatic nitrogens is 4. The summed E-state index contributed by atoms with van der Waals surface area (Å²) in [7, 11) is 0. The summed E-state index contributed by atoms with van der Waals surface area (Å²) in [6.07, 6.45) is 1.41. The van der Waals surface area contributed by atoms with Crippen LogP contribution in [0.15, 0.2) is 88.3 Å². The number of hydrogen-bond donors (Lipinski definition) is 0. The first kappa shape index (κ1) is 19.3. The van der Waals surface area contributed by atoms with Crippen LogP contribution in [0.1, 0.15) is 0 Å². The van der Waals surface area contributed by atoms with Gasteiger partial charge in [-0.2, -0.15) is 5.10 Å². The summed E-state index contributed by atoms with van der Waals surface area (Å²) in [4.78, 5) is 18.0. The van der Waals surface area contributed by atoms with Crippen molar-refractivity contribution in [2.24, 2.45) is 0 Å². The molecule has 0 bridgehead atoms. The molecule has 0 N–H and O–H groups in total. The number of para-hydroxylation sites is 1. The standard InChI is InChI=1S/C23H13BrF2N4O/c24-14-9-11-15(12-10-14)29-22(20-18(25)7-4-8-19(20)26)28-21-17(23(29)31)13-27-30(21)16-5-2-1-3-6-16/h1-13H. The lowest BCUT2D eigenvalue weighted by Gasteiger charge is -2.14. The molecule has 0 aliphatic heterocycles. The predicted octanol–water partition coefficient (Wildman–Crippen LogP) is 5.28. The minimum atomic E-state index is -0.817. The van der Waals surface area contributed by atoms with Crippen LogP contribution in [0.2, 0.25) is 0 Å². The molecule has 8 heteroatoms. The molecular weight excluding hydrogens is 466 g/mol. The lowest BCUT2D eigenvalue weighted by Crippen LogP contribution is -2.22. The van der Waals surface area contributed by atoms with Gasteiger partial charge in [-0.3, -0.25) is 9.36 Å². The molecule has 2 heterocycles. The van der Waals surface area contributed by atoms with Crippen LogP contribution in [0.25, 0.3) is 33.8 Å². The van der Waals surface area contributed by atoms with Crippen molar-refractivity contribution in [3.8, 4) is 22.8 Å². The molecule has 0 aliphatic rings. The highest BCUT2D eigenvalue weighted by Gasteiger charge is 2.22. The summed E-state index contributed by atoms with van der Waals surface area (Å²) < 4.78 is 33.0. The van der Waals surface area contributed by atoms with Gasteiger partial charge in [0.15, 0.2) is 11.5 Å². The summed E-state index contributed by atoms with van der Waals surface area (Å²) in [5.41, 5.74) is 0.443. The monoisotopic (exact) mass is 478 g/mol. The van der Waals surface area contributed by atoms with Gasteiger partial charge in [-0.05, 0) is 48.5 Å². The van der Waals surface area contributed by atoms with Crippen molar-refractivity contribution in [3.05, 3.63) is 105 Å². The number of rotatable bonds is 3. The molecule has 0 aliphatic carbocycles. The van der Waals surface area contributed by atoms with E-state index in [-0.39, 0.29) is 22.4 Å². The molecule has 0 atom stereocenters. The van der Waals surface area contributed by atoms with Gasteiger partial charge in [0.25, 0.3) is 5.56 Å². The summed E-state index contributed by atoms with van der Waals surface area (Å²) in [5.74, 6) is -1.78. The van der Waals surface area contributed by atoms with Crippen LogP contribution in [0, 0.1) is 11.6 Å². The second-order valence-corrected chi connectivity index (χ2v) is 7.69. The van der Waals surface area contributed by atoms with Crippen molar-refractivity contribution < 1.29 is 8.78 Å². The van der Waals surface area contributed by atoms with Crippen molar-refractivity contribution >= 4 is 27.0 Å². The van der Waals surface area contributed by atoms with E-state index in [0.717, 1.165) is 16.6 Å². The first-order chi connectivity index (χ1) is 15.0. The van der Waals surface area contributed by atoms with Gasteiger partial charge < -0.3 is 0 Å². The highest BCUT2D eigenvalue weighted by molar-refractivity contribution is 9.10. The van der Waals surface area contributed by atoms with Gasteiger partial charge in [0.1, 0.15) is 17.0 Å². The second kappa shape index (κ2) is 7.55. The average molecular weight is 479 g/mol. The van der Waals surface area contributed by atoms with Gasteiger partial charge in [0.2, 0.25) is 0 Å². The summed E-state index contributed by atoms with van der Waals surface area (Å²) in [6, 6.07) is 19.5. The average Bonchev–Trinajstić information content (AvgIpc) is 3.20. The van der Waals surface area contributed by atoms with Crippen molar-refractivity contribution in [1.29, 1.82) is 0 Å². The third kappa shape index (κ3) is 3.25. The Labute approximate surface area is 183 Å². The van der Waals surface area contributed by atoms with E-state index >= 15 is 0 Å². The molecule has 152 valence electrons. The molecule has 0 amide bonds. The number of nitrogens with zero attached hydrogens (tertiary/aromatic N) is 4. The fraction of sp³-hybridized carbons (Fsp3) is 0. The maximum absolute atomic E-state index is 14.8. The Bertz CT molecular complexity index is 1460. The van der Waals surface area contributed by atoms with E-state index in [4.69, 9.17) is 0 Å². The quantitative estimate of drug-likeness (QED) is 0.354. The van der Waals surface area contributed by atoms with E-state index in [0.29, 0.717) is 11.4 Å². The Morgan fingerprint density at radius 2 is 1.48 bits per heavy atom. The largest absolute Gasteiger partial charge is 0.269 e. The number of benzene rings is 3. The van der Waals surface area contributed by atoms with Gasteiger partial charge in [-0.15, -0.1) is 0 Å². The van der Waals surface area contributed by atoms with Crippen LogP contribution in [0.3, 0.4) is 0 Å². The first-order valence-electron chi connectivity index (χ1n) is 9.31. The fourth-order valence-electron chi connectivity index (χ4n) is 3.43. The maximum Gasteiger partial charge on any atom is 0.269 e. The van der Waals surface area contributed by atoms with Crippen LogP contribution < -0.4 is 5.56 Å². The Morgan fingerprint density at radius 1 is 0.806 bits per heavy atom. The molecule has 5 nitrogen and oxygen atoms in total. The number of fused-ring (bicyclic) bond motifs is 1. The Kier molecular flexibility index (Phi) is 4.71. The normalized spacial score (nSPS) is 11.2. The third-order valence-corrected chi connectivity index (χ3v) is 5.40. The van der Waals surface area contributed by atoms with Gasteiger partial charge in [-0.1, -0.05) is 40.2 Å². The van der Waals surface area contributed by atoms with E-state index in [1.807, 2.05) is 18.2 Å². The summed E-state index contributed by atoms with van der Waals surface area (Å²) in [5, 5.41) is 4.53. The van der Waals surface area contributed by atoms with E-state index < -0.39 is 17.2 Å². The lowest BCUT2D eigenvalue weighted by molar-refractivity contribution is 0.586. The van der Waals surface area contributed by atoms with Crippen LogP contribution in [0.5, 0.6) is 0 Å². The number of hydrogen-bond acceptors (Lipinski definition) is 3. The molecule has 0 saturated carbocycles. The van der Waals surface area contributed by atoms with E-state index in [1.165, 1.54) is 21.5 Å². The number of halogens is 3. The molecule has 2 aromatic heterocycles. The van der Waals surface area contributed by atoms with Crippen molar-refractivity contribution in [3.63, 3.8) is 0 Å². The van der Waals surface area contributed by atoms with E-state index in [9.17, 15) is 13.6 Å². The molecule has 0 fully saturated rings. The molecule has 3 aromatic carbocycles. The minimum absolute atomic E-state index is 0.145. The van der Waals surface area contributed by atoms with Gasteiger partial charge in [0.05, 0.1) is 23.1 Å². The minimum Gasteiger partial charge on any atom is -0.268 e. The second-order valence-electron chi connectivity index (χ2n) is 6.78. The zero-order chi connectivity index (χ0) is 21.5. The molecule has 0 radical (unpaired) electrons. The Balaban J connectivity index is 1.91. The van der Waals surface area contributed by atoms with E-state index in [2.05, 4.69) is 26.0 Å². The molecule has 0 spiro atoms. The first-order valence-corrected chi connectivity index (χ1v) is 10.1. The Hall–Kier alpha value is -3.65. The molecule has 5 aromatic rings. The highest BCUT2D eigenvalue weighted by Crippen LogP contribution is 2.28. The highest BCUT2D eigenvalue weighted by atomic mass is 79.9. The zero-order valence-electron chi connectivity index (χ0n) is 15.8. The summed E-state index contributed by atoms with van der Waals surface area (Å²) in [6.45, 7) is 0. The van der Waals surface area contributed by atoms with Gasteiger partial charge >= 0.3 is 0 Å². The molecular formula is C23H13BrF2N4O. The molecule has 5 rings (SSSR count). The molecule has 0 saturated heterocycles. The SMILES string of the molecule is O=c1c2cnn(-c3ccccc3)c2nc(-c2c(F)cccc2F)n1-c1ccc(Br)cc1. The molecule has 0 unspecified atom stereocenters. The zero-order valence-corrected chi connectivity index (χ0v) is 17.4. The Morgan fingerprint density at radius 3 is 2.16 bits per heavy atom. The van der Waals surface area contributed by atoms with Gasteiger partial charge in [-0.25, -0.2) is 18.4 Å².